The predicted molar refractivity (Wildman–Crippen MR) is 38.4 cm³/mol. The monoisotopic (exact) mass is 192 g/mol. The van der Waals surface area contributed by atoms with E-state index in [0.29, 0.717) is 6.54 Å². The molecule has 0 aromatic rings. The lowest BCUT2D eigenvalue weighted by molar-refractivity contribution is -0.126. The minimum absolute atomic E-state index is 0.166. The first-order chi connectivity index (χ1) is 4.25. The fourth-order valence-electron chi connectivity index (χ4n) is 0.799. The molecule has 0 radical (unpaired) electrons. The Kier molecular flexibility index (Phi) is 2.08. The zero-order valence-electron chi connectivity index (χ0n) is 5.22. The van der Waals surface area contributed by atoms with E-state index in [0.717, 1.165) is 5.33 Å². The van der Waals surface area contributed by atoms with Gasteiger partial charge in [-0.2, -0.15) is 0 Å². The van der Waals surface area contributed by atoms with E-state index in [4.69, 9.17) is 0 Å². The highest BCUT2D eigenvalue weighted by Crippen LogP contribution is 2.02. The van der Waals surface area contributed by atoms with Crippen LogP contribution < -0.4 is 5.32 Å². The molecule has 3 nitrogen and oxygen atoms in total. The van der Waals surface area contributed by atoms with Crippen molar-refractivity contribution in [2.24, 2.45) is 0 Å². The first kappa shape index (κ1) is 7.02. The van der Waals surface area contributed by atoms with E-state index in [9.17, 15) is 4.79 Å². The molecule has 0 saturated carbocycles. The van der Waals surface area contributed by atoms with Gasteiger partial charge in [0.25, 0.3) is 0 Å². The highest BCUT2D eigenvalue weighted by molar-refractivity contribution is 9.09. The van der Waals surface area contributed by atoms with Crippen LogP contribution in [0.15, 0.2) is 0 Å². The molecule has 1 atom stereocenters. The Bertz CT molecular complexity index is 128. The number of nitrogens with one attached hydrogen (secondary N) is 1. The molecule has 1 aliphatic heterocycles. The predicted octanol–water partition coefficient (Wildman–Crippen LogP) is -0.231. The first-order valence-electron chi connectivity index (χ1n) is 2.80. The van der Waals surface area contributed by atoms with E-state index in [2.05, 4.69) is 21.2 Å². The number of alkyl halides is 1. The second-order valence-electron chi connectivity index (χ2n) is 2.06. The second-order valence-corrected chi connectivity index (χ2v) is 2.70. The van der Waals surface area contributed by atoms with Crippen LogP contribution in [0, 0.1) is 0 Å². The number of amides is 1. The molecule has 1 amide bonds. The second kappa shape index (κ2) is 2.66. The van der Waals surface area contributed by atoms with Crippen molar-refractivity contribution in [1.29, 1.82) is 0 Å². The van der Waals surface area contributed by atoms with Crippen LogP contribution in [0.2, 0.25) is 0 Å². The van der Waals surface area contributed by atoms with Crippen molar-refractivity contribution in [2.45, 2.75) is 6.17 Å². The number of rotatable bonds is 1. The Balaban J connectivity index is 2.51. The quantitative estimate of drug-likeness (QED) is 0.583. The zero-order chi connectivity index (χ0) is 6.85. The number of hydrogen-bond donors (Lipinski definition) is 1. The Hall–Kier alpha value is -0.0900. The smallest absolute Gasteiger partial charge is 0.237 e. The van der Waals surface area contributed by atoms with Crippen LogP contribution in [0.5, 0.6) is 0 Å². The molecule has 9 heavy (non-hydrogen) atoms. The third-order valence-electron chi connectivity index (χ3n) is 1.50. The number of carbonyl (C=O) groups is 1. The summed E-state index contributed by atoms with van der Waals surface area (Å²) in [5.74, 6) is 0.166. The summed E-state index contributed by atoms with van der Waals surface area (Å²) < 4.78 is 0. The van der Waals surface area contributed by atoms with Crippen molar-refractivity contribution in [3.05, 3.63) is 0 Å². The van der Waals surface area contributed by atoms with Gasteiger partial charge in [0.05, 0.1) is 12.7 Å². The van der Waals surface area contributed by atoms with Crippen molar-refractivity contribution < 1.29 is 4.79 Å². The maximum Gasteiger partial charge on any atom is 0.237 e. The number of hydrogen-bond acceptors (Lipinski definition) is 2. The maximum atomic E-state index is 10.8. The summed E-state index contributed by atoms with van der Waals surface area (Å²) in [7, 11) is 1.80. The SMILES string of the molecule is CN1C(=O)CNC1CBr. The van der Waals surface area contributed by atoms with Gasteiger partial charge in [-0.1, -0.05) is 15.9 Å². The summed E-state index contributed by atoms with van der Waals surface area (Å²) in [6.07, 6.45) is 0.192. The number of halogens is 1. The van der Waals surface area contributed by atoms with E-state index < -0.39 is 0 Å². The van der Waals surface area contributed by atoms with Gasteiger partial charge in [-0.3, -0.25) is 10.1 Å². The average Bonchev–Trinajstić information content (AvgIpc) is 2.15. The van der Waals surface area contributed by atoms with E-state index >= 15 is 0 Å². The fourth-order valence-corrected chi connectivity index (χ4v) is 1.46. The Labute approximate surface area is 62.5 Å². The third kappa shape index (κ3) is 1.24. The molecule has 52 valence electrons. The fraction of sp³-hybridized carbons (Fsp3) is 0.800. The minimum Gasteiger partial charge on any atom is -0.328 e. The van der Waals surface area contributed by atoms with Gasteiger partial charge in [-0.25, -0.2) is 0 Å². The van der Waals surface area contributed by atoms with Crippen molar-refractivity contribution in [3.63, 3.8) is 0 Å². The molecular formula is C5H9BrN2O. The summed E-state index contributed by atoms with van der Waals surface area (Å²) >= 11 is 3.29. The van der Waals surface area contributed by atoms with E-state index in [1.54, 1.807) is 11.9 Å². The molecule has 1 fully saturated rings. The van der Waals surface area contributed by atoms with Crippen molar-refractivity contribution >= 4 is 21.8 Å². The molecule has 1 rings (SSSR count). The normalized spacial score (nSPS) is 27.6. The zero-order valence-corrected chi connectivity index (χ0v) is 6.81. The van der Waals surface area contributed by atoms with Crippen LogP contribution in [-0.4, -0.2) is 35.9 Å². The molecule has 1 saturated heterocycles. The maximum absolute atomic E-state index is 10.8. The highest BCUT2D eigenvalue weighted by atomic mass is 79.9. The summed E-state index contributed by atoms with van der Waals surface area (Å²) in [6.45, 7) is 0.479. The molecule has 0 bridgehead atoms. The molecule has 1 heterocycles. The molecular weight excluding hydrogens is 184 g/mol. The third-order valence-corrected chi connectivity index (χ3v) is 2.11. The molecule has 0 aliphatic carbocycles. The van der Waals surface area contributed by atoms with Crippen LogP contribution in [-0.2, 0) is 4.79 Å². The standard InChI is InChI=1S/C5H9BrN2O/c1-8-4(2-6)7-3-5(8)9/h4,7H,2-3H2,1H3. The van der Waals surface area contributed by atoms with E-state index in [1.165, 1.54) is 0 Å². The van der Waals surface area contributed by atoms with Crippen molar-refractivity contribution in [1.82, 2.24) is 10.2 Å². The van der Waals surface area contributed by atoms with E-state index in [1.807, 2.05) is 0 Å². The topological polar surface area (TPSA) is 32.3 Å². The lowest BCUT2D eigenvalue weighted by atomic mass is 10.5. The largest absolute Gasteiger partial charge is 0.328 e. The van der Waals surface area contributed by atoms with Crippen LogP contribution in [0.4, 0.5) is 0 Å². The molecule has 0 spiro atoms. The number of nitrogens with zero attached hydrogens (tertiary/aromatic N) is 1. The molecule has 4 heteroatoms. The summed E-state index contributed by atoms with van der Waals surface area (Å²) in [6, 6.07) is 0. The molecule has 0 aromatic carbocycles. The van der Waals surface area contributed by atoms with Crippen LogP contribution >= 0.6 is 15.9 Å². The number of carbonyl (C=O) groups excluding carboxylic acids is 1. The lowest BCUT2D eigenvalue weighted by Crippen LogP contribution is -2.35. The van der Waals surface area contributed by atoms with Gasteiger partial charge in [-0.15, -0.1) is 0 Å². The van der Waals surface area contributed by atoms with Gasteiger partial charge in [0.2, 0.25) is 5.91 Å². The summed E-state index contributed by atoms with van der Waals surface area (Å²) in [5, 5.41) is 3.84. The summed E-state index contributed by atoms with van der Waals surface area (Å²) in [4.78, 5) is 12.5. The minimum atomic E-state index is 0.166. The van der Waals surface area contributed by atoms with Gasteiger partial charge >= 0.3 is 0 Å². The van der Waals surface area contributed by atoms with Crippen molar-refractivity contribution in [3.8, 4) is 0 Å². The van der Waals surface area contributed by atoms with Gasteiger partial charge in [-0.05, 0) is 0 Å². The molecule has 0 aromatic heterocycles. The van der Waals surface area contributed by atoms with Gasteiger partial charge in [0, 0.05) is 12.4 Å². The van der Waals surface area contributed by atoms with Crippen LogP contribution in [0.1, 0.15) is 0 Å². The number of likely N-dealkylation sites (N-methyl/N-ethyl adjacent to an activating group) is 1. The Morgan fingerprint density at radius 3 is 2.89 bits per heavy atom. The lowest BCUT2D eigenvalue weighted by Gasteiger charge is -2.15. The molecule has 1 aliphatic rings. The van der Waals surface area contributed by atoms with E-state index in [-0.39, 0.29) is 12.1 Å². The molecule has 1 N–H and O–H groups in total. The van der Waals surface area contributed by atoms with Crippen LogP contribution in [0.25, 0.3) is 0 Å². The van der Waals surface area contributed by atoms with Gasteiger partial charge < -0.3 is 4.90 Å². The Morgan fingerprint density at radius 1 is 2.00 bits per heavy atom. The Morgan fingerprint density at radius 2 is 2.67 bits per heavy atom. The summed E-state index contributed by atoms with van der Waals surface area (Å²) in [5.41, 5.74) is 0. The first-order valence-corrected chi connectivity index (χ1v) is 3.93. The van der Waals surface area contributed by atoms with Gasteiger partial charge in [0.1, 0.15) is 0 Å². The molecule has 1 unspecified atom stereocenters. The van der Waals surface area contributed by atoms with Gasteiger partial charge in [0.15, 0.2) is 0 Å². The van der Waals surface area contributed by atoms with Crippen molar-refractivity contribution in [2.75, 3.05) is 18.9 Å². The average molecular weight is 193 g/mol. The van der Waals surface area contributed by atoms with Crippen LogP contribution in [0.3, 0.4) is 0 Å². The highest BCUT2D eigenvalue weighted by Gasteiger charge is 2.25.